The van der Waals surface area contributed by atoms with Gasteiger partial charge >= 0.3 is 0 Å². The highest BCUT2D eigenvalue weighted by atomic mass is 32.1. The standard InChI is InChI=1S/C54H60N2OS4/c1-5-13-33(14-6-1)27-41-43(29-35-17-9-3-10-18-35)53-45(37-23-25-58-51(37)41)31-47(60-53)39-21-22-40(50-49(39)55-57-56-50)48-32-46-38-24-26-59-52(38)42(28-34-15-7-2-8-16-34)44(54(46)61-48)30-36-19-11-4-12-20-36/h21-26,31-36H,1-20,27-30H2. The van der Waals surface area contributed by atoms with E-state index < -0.39 is 0 Å². The highest BCUT2D eigenvalue weighted by molar-refractivity contribution is 7.24. The van der Waals surface area contributed by atoms with Crippen LogP contribution in [0.2, 0.25) is 0 Å². The minimum Gasteiger partial charge on any atom is -0.243 e. The largest absolute Gasteiger partial charge is 0.243 e. The van der Waals surface area contributed by atoms with Crippen LogP contribution in [-0.2, 0) is 25.7 Å². The summed E-state index contributed by atoms with van der Waals surface area (Å²) in [5.74, 6) is 3.26. The van der Waals surface area contributed by atoms with Gasteiger partial charge < -0.3 is 0 Å². The summed E-state index contributed by atoms with van der Waals surface area (Å²) in [5.41, 5.74) is 10.9. The number of benzene rings is 3. The Morgan fingerprint density at radius 2 is 0.754 bits per heavy atom. The van der Waals surface area contributed by atoms with Gasteiger partial charge in [-0.2, -0.15) is 0 Å². The van der Waals surface area contributed by atoms with Crippen molar-refractivity contribution in [3.8, 4) is 20.9 Å². The average Bonchev–Trinajstić information content (AvgIpc) is 4.17. The van der Waals surface area contributed by atoms with Gasteiger partial charge in [-0.3, -0.25) is 0 Å². The predicted molar refractivity (Wildman–Crippen MR) is 265 cm³/mol. The predicted octanol–water partition coefficient (Wildman–Crippen LogP) is 17.9. The number of thiophene rings is 4. The Morgan fingerprint density at radius 1 is 0.410 bits per heavy atom. The summed E-state index contributed by atoms with van der Waals surface area (Å²) in [7, 11) is 0. The summed E-state index contributed by atoms with van der Waals surface area (Å²) in [6.45, 7) is 0. The van der Waals surface area contributed by atoms with Crippen LogP contribution in [0.1, 0.15) is 151 Å². The maximum atomic E-state index is 5.72. The van der Waals surface area contributed by atoms with E-state index in [2.05, 4.69) is 47.2 Å². The molecule has 0 radical (unpaired) electrons. The monoisotopic (exact) mass is 880 g/mol. The molecule has 5 aromatic heterocycles. The minimum absolute atomic E-state index is 0.805. The number of nitrogens with zero attached hydrogens (tertiary/aromatic N) is 2. The molecule has 8 aromatic rings. The van der Waals surface area contributed by atoms with Crippen molar-refractivity contribution in [1.82, 2.24) is 10.3 Å². The van der Waals surface area contributed by atoms with Gasteiger partial charge in [0.2, 0.25) is 0 Å². The maximum absolute atomic E-state index is 5.72. The van der Waals surface area contributed by atoms with Gasteiger partial charge in [-0.1, -0.05) is 141 Å². The van der Waals surface area contributed by atoms with Gasteiger partial charge in [0.1, 0.15) is 11.0 Å². The first-order valence-electron chi connectivity index (χ1n) is 24.4. The van der Waals surface area contributed by atoms with Gasteiger partial charge in [0.25, 0.3) is 0 Å². The van der Waals surface area contributed by atoms with Gasteiger partial charge in [-0.15, -0.1) is 45.3 Å². The second-order valence-electron chi connectivity index (χ2n) is 19.9. The van der Waals surface area contributed by atoms with Gasteiger partial charge in [-0.25, -0.2) is 4.63 Å². The molecule has 0 amide bonds. The number of aromatic nitrogens is 2. The Kier molecular flexibility index (Phi) is 11.1. The number of fused-ring (bicyclic) bond motifs is 7. The SMILES string of the molecule is c1cc2c(s1)c(CC1CCCCC1)c(CC1CCCCC1)c1sc(-c3ccc(-c4cc5c(s4)c(CC4CCCCC4)c(CC4CCCCC4)c4sccc45)c4nonc34)cc12. The van der Waals surface area contributed by atoms with E-state index in [1.165, 1.54) is 195 Å². The lowest BCUT2D eigenvalue weighted by Gasteiger charge is -2.26. The highest BCUT2D eigenvalue weighted by Gasteiger charge is 2.28. The molecule has 4 saturated carbocycles. The molecule has 3 aromatic carbocycles. The molecule has 61 heavy (non-hydrogen) atoms. The molecule has 0 saturated heterocycles. The Labute approximate surface area is 377 Å². The molecule has 0 aliphatic heterocycles. The summed E-state index contributed by atoms with van der Waals surface area (Å²) in [4.78, 5) is 2.60. The summed E-state index contributed by atoms with van der Waals surface area (Å²) < 4.78 is 11.9. The molecule has 12 rings (SSSR count). The second kappa shape index (κ2) is 17.1. The molecule has 5 heterocycles. The molecule has 7 heteroatoms. The topological polar surface area (TPSA) is 38.9 Å². The van der Waals surface area contributed by atoms with Crippen LogP contribution in [0.5, 0.6) is 0 Å². The van der Waals surface area contributed by atoms with Crippen LogP contribution in [-0.4, -0.2) is 10.3 Å². The van der Waals surface area contributed by atoms with E-state index in [4.69, 9.17) is 14.9 Å². The first kappa shape index (κ1) is 39.5. The van der Waals surface area contributed by atoms with E-state index in [0.717, 1.165) is 45.8 Å². The van der Waals surface area contributed by atoms with Crippen molar-refractivity contribution >= 4 is 96.7 Å². The normalized spacial score (nSPS) is 19.5. The fourth-order valence-electron chi connectivity index (χ4n) is 12.8. The van der Waals surface area contributed by atoms with E-state index >= 15 is 0 Å². The van der Waals surface area contributed by atoms with E-state index in [1.54, 1.807) is 31.7 Å². The molecule has 0 bridgehead atoms. The van der Waals surface area contributed by atoms with Crippen LogP contribution in [0.25, 0.3) is 72.3 Å². The Morgan fingerprint density at radius 3 is 1.11 bits per heavy atom. The van der Waals surface area contributed by atoms with Crippen LogP contribution in [0, 0.1) is 23.7 Å². The summed E-state index contributed by atoms with van der Waals surface area (Å²) in [5, 5.41) is 20.0. The van der Waals surface area contributed by atoms with Crippen LogP contribution < -0.4 is 0 Å². The Balaban J connectivity index is 0.973. The van der Waals surface area contributed by atoms with Crippen molar-refractivity contribution in [2.45, 2.75) is 154 Å². The average molecular weight is 881 g/mol. The quantitative estimate of drug-likeness (QED) is 0.137. The third-order valence-corrected chi connectivity index (χ3v) is 20.4. The van der Waals surface area contributed by atoms with Crippen molar-refractivity contribution in [2.75, 3.05) is 0 Å². The molecule has 0 N–H and O–H groups in total. The summed E-state index contributed by atoms with van der Waals surface area (Å²) in [6.07, 6.45) is 33.0. The molecular formula is C54H60N2OS4. The first-order chi connectivity index (χ1) is 30.2. The number of hydrogen-bond donors (Lipinski definition) is 0. The lowest BCUT2D eigenvalue weighted by Crippen LogP contribution is -2.14. The van der Waals surface area contributed by atoms with Crippen molar-refractivity contribution in [3.63, 3.8) is 0 Å². The maximum Gasteiger partial charge on any atom is 0.144 e. The molecule has 0 unspecified atom stereocenters. The number of rotatable bonds is 10. The zero-order chi connectivity index (χ0) is 40.3. The molecule has 3 nitrogen and oxygen atoms in total. The van der Waals surface area contributed by atoms with Gasteiger partial charge in [0.05, 0.1) is 0 Å². The smallest absolute Gasteiger partial charge is 0.144 e. The fraction of sp³-hybridized carbons (Fsp3) is 0.519. The molecule has 4 aliphatic rings. The zero-order valence-corrected chi connectivity index (χ0v) is 39.1. The van der Waals surface area contributed by atoms with Crippen LogP contribution in [0.15, 0.2) is 51.8 Å². The van der Waals surface area contributed by atoms with Crippen molar-refractivity contribution < 1.29 is 4.63 Å². The zero-order valence-electron chi connectivity index (χ0n) is 35.8. The Bertz CT molecular complexity index is 2630. The van der Waals surface area contributed by atoms with E-state index in [9.17, 15) is 0 Å². The summed E-state index contributed by atoms with van der Waals surface area (Å²) >= 11 is 8.03. The van der Waals surface area contributed by atoms with Crippen LogP contribution >= 0.6 is 45.3 Å². The molecular weight excluding hydrogens is 821 g/mol. The third kappa shape index (κ3) is 7.43. The molecule has 4 aliphatic carbocycles. The second-order valence-corrected chi connectivity index (χ2v) is 23.8. The van der Waals surface area contributed by atoms with E-state index in [1.807, 2.05) is 45.3 Å². The Hall–Kier alpha value is -3.10. The molecule has 316 valence electrons. The van der Waals surface area contributed by atoms with Gasteiger partial charge in [0.15, 0.2) is 0 Å². The lowest BCUT2D eigenvalue weighted by molar-refractivity contribution is 0.315. The molecule has 0 atom stereocenters. The molecule has 0 spiro atoms. The highest BCUT2D eigenvalue weighted by Crippen LogP contribution is 2.50. The first-order valence-corrected chi connectivity index (χ1v) is 27.8. The fourth-order valence-corrected chi connectivity index (χ4v) is 17.3. The lowest BCUT2D eigenvalue weighted by atomic mass is 9.80. The van der Waals surface area contributed by atoms with E-state index in [-0.39, 0.29) is 0 Å². The van der Waals surface area contributed by atoms with Gasteiger partial charge in [-0.05, 0) is 117 Å². The number of hydrogen-bond acceptors (Lipinski definition) is 7. The van der Waals surface area contributed by atoms with Crippen molar-refractivity contribution in [1.29, 1.82) is 0 Å². The minimum atomic E-state index is 0.805. The van der Waals surface area contributed by atoms with Crippen molar-refractivity contribution in [2.24, 2.45) is 23.7 Å². The van der Waals surface area contributed by atoms with Crippen LogP contribution in [0.4, 0.5) is 0 Å². The van der Waals surface area contributed by atoms with Gasteiger partial charge in [0, 0.05) is 61.2 Å². The van der Waals surface area contributed by atoms with Crippen molar-refractivity contribution in [3.05, 3.63) is 69.4 Å². The van der Waals surface area contributed by atoms with Crippen LogP contribution in [0.3, 0.4) is 0 Å². The third-order valence-electron chi connectivity index (χ3n) is 16.0. The molecule has 4 fully saturated rings. The van der Waals surface area contributed by atoms with E-state index in [0.29, 0.717) is 0 Å². The summed E-state index contributed by atoms with van der Waals surface area (Å²) in [6, 6.07) is 14.5.